The number of carboxylic acid groups (broad SMARTS) is 2. The van der Waals surface area contributed by atoms with Crippen LogP contribution in [0.2, 0.25) is 0 Å². The number of anilines is 2. The number of carboxylic acids is 2. The van der Waals surface area contributed by atoms with Crippen molar-refractivity contribution >= 4 is 70.0 Å². The summed E-state index contributed by atoms with van der Waals surface area (Å²) in [5.74, 6) is -2.34. The van der Waals surface area contributed by atoms with E-state index in [1.165, 1.54) is 0 Å². The standard InChI is InChI=1S/C22H26N6O6S2/c23-17(21(31)32)9-35-11-19(29)25-13-1-5-15(6-2-13)27-28-16-7-3-14(4-8-16)26-20(30)12-36-10-18(24)22(33)34/h1-8,17-18H,9-12,23-24H2,(H,25,29)(H,26,30)(H,31,32)(H,33,34)/t17-,18-/m0/s1. The van der Waals surface area contributed by atoms with Crippen LogP contribution in [0.1, 0.15) is 0 Å². The maximum Gasteiger partial charge on any atom is 0.321 e. The smallest absolute Gasteiger partial charge is 0.321 e. The van der Waals surface area contributed by atoms with Crippen molar-refractivity contribution in [2.75, 3.05) is 33.6 Å². The molecule has 192 valence electrons. The van der Waals surface area contributed by atoms with Gasteiger partial charge in [-0.25, -0.2) is 0 Å². The Morgan fingerprint density at radius 3 is 1.33 bits per heavy atom. The summed E-state index contributed by atoms with van der Waals surface area (Å²) in [6.07, 6.45) is 0. The summed E-state index contributed by atoms with van der Waals surface area (Å²) >= 11 is 2.27. The van der Waals surface area contributed by atoms with Crippen molar-refractivity contribution < 1.29 is 29.4 Å². The molecule has 0 radical (unpaired) electrons. The second-order valence-electron chi connectivity index (χ2n) is 7.31. The van der Waals surface area contributed by atoms with Gasteiger partial charge in [0.1, 0.15) is 12.1 Å². The minimum atomic E-state index is -1.11. The van der Waals surface area contributed by atoms with E-state index in [0.29, 0.717) is 22.7 Å². The van der Waals surface area contributed by atoms with E-state index in [4.69, 9.17) is 21.7 Å². The second-order valence-corrected chi connectivity index (χ2v) is 9.37. The molecule has 0 spiro atoms. The molecule has 14 heteroatoms. The second kappa shape index (κ2) is 14.8. The molecule has 2 aromatic rings. The van der Waals surface area contributed by atoms with Crippen molar-refractivity contribution in [2.24, 2.45) is 21.7 Å². The average Bonchev–Trinajstić information content (AvgIpc) is 2.84. The molecule has 0 fully saturated rings. The van der Waals surface area contributed by atoms with Gasteiger partial charge in [-0.2, -0.15) is 10.2 Å². The fourth-order valence-corrected chi connectivity index (χ4v) is 3.98. The third-order valence-corrected chi connectivity index (χ3v) is 6.40. The molecule has 0 aliphatic carbocycles. The van der Waals surface area contributed by atoms with Crippen LogP contribution in [0.4, 0.5) is 22.7 Å². The van der Waals surface area contributed by atoms with Crippen molar-refractivity contribution in [1.29, 1.82) is 0 Å². The van der Waals surface area contributed by atoms with Gasteiger partial charge in [-0.05, 0) is 48.5 Å². The molecule has 0 bridgehead atoms. The fraction of sp³-hybridized carbons (Fsp3) is 0.273. The lowest BCUT2D eigenvalue weighted by Gasteiger charge is -2.07. The Labute approximate surface area is 215 Å². The third-order valence-electron chi connectivity index (χ3n) is 4.28. The SMILES string of the molecule is N[C@@H](CSCC(=O)Nc1ccc(N=Nc2ccc(NC(=O)CSC[C@H](N)C(=O)O)cc2)cc1)C(=O)O. The molecule has 0 aromatic heterocycles. The number of azo groups is 1. The number of carbonyl (C=O) groups is 4. The third kappa shape index (κ3) is 10.9. The quantitative estimate of drug-likeness (QED) is 0.195. The van der Waals surface area contributed by atoms with Crippen LogP contribution in [0.15, 0.2) is 58.8 Å². The lowest BCUT2D eigenvalue weighted by Crippen LogP contribution is -2.33. The molecule has 2 aromatic carbocycles. The maximum absolute atomic E-state index is 11.9. The first-order valence-electron chi connectivity index (χ1n) is 10.5. The summed E-state index contributed by atoms with van der Waals surface area (Å²) < 4.78 is 0. The summed E-state index contributed by atoms with van der Waals surface area (Å²) in [4.78, 5) is 45.2. The zero-order valence-corrected chi connectivity index (χ0v) is 20.6. The van der Waals surface area contributed by atoms with Gasteiger partial charge in [0, 0.05) is 22.9 Å². The zero-order chi connectivity index (χ0) is 26.5. The van der Waals surface area contributed by atoms with Gasteiger partial charge in [0.05, 0.1) is 22.9 Å². The molecule has 2 amide bonds. The van der Waals surface area contributed by atoms with Crippen molar-refractivity contribution in [3.63, 3.8) is 0 Å². The number of nitrogens with zero attached hydrogens (tertiary/aromatic N) is 2. The largest absolute Gasteiger partial charge is 0.480 e. The number of hydrogen-bond donors (Lipinski definition) is 6. The van der Waals surface area contributed by atoms with E-state index in [9.17, 15) is 19.2 Å². The summed E-state index contributed by atoms with van der Waals surface area (Å²) in [5, 5.41) is 31.1. The minimum absolute atomic E-state index is 0.0800. The van der Waals surface area contributed by atoms with E-state index in [1.54, 1.807) is 48.5 Å². The van der Waals surface area contributed by atoms with Gasteiger partial charge in [-0.3, -0.25) is 19.2 Å². The zero-order valence-electron chi connectivity index (χ0n) is 19.0. The van der Waals surface area contributed by atoms with Gasteiger partial charge in [0.15, 0.2) is 0 Å². The van der Waals surface area contributed by atoms with Gasteiger partial charge < -0.3 is 32.3 Å². The van der Waals surface area contributed by atoms with Crippen LogP contribution >= 0.6 is 23.5 Å². The van der Waals surface area contributed by atoms with Gasteiger partial charge in [-0.15, -0.1) is 23.5 Å². The first kappa shape index (κ1) is 28.8. The van der Waals surface area contributed by atoms with E-state index in [0.717, 1.165) is 23.5 Å². The minimum Gasteiger partial charge on any atom is -0.480 e. The first-order valence-corrected chi connectivity index (χ1v) is 12.8. The number of rotatable bonds is 14. The number of amides is 2. The number of benzene rings is 2. The van der Waals surface area contributed by atoms with Gasteiger partial charge in [0.2, 0.25) is 11.8 Å². The Balaban J connectivity index is 1.77. The molecular formula is C22H26N6O6S2. The van der Waals surface area contributed by atoms with Crippen molar-refractivity contribution in [3.05, 3.63) is 48.5 Å². The highest BCUT2D eigenvalue weighted by atomic mass is 32.2. The molecule has 2 rings (SSSR count). The highest BCUT2D eigenvalue weighted by molar-refractivity contribution is 8.00. The number of carbonyl (C=O) groups excluding carboxylic acids is 2. The van der Waals surface area contributed by atoms with Crippen molar-refractivity contribution in [3.8, 4) is 0 Å². The number of thioether (sulfide) groups is 2. The van der Waals surface area contributed by atoms with Crippen molar-refractivity contribution in [2.45, 2.75) is 12.1 Å². The molecule has 0 saturated carbocycles. The summed E-state index contributed by atoms with van der Waals surface area (Å²) in [6.45, 7) is 0. The van der Waals surface area contributed by atoms with Crippen LogP contribution in [-0.2, 0) is 19.2 Å². The highest BCUT2D eigenvalue weighted by Gasteiger charge is 2.13. The molecule has 0 heterocycles. The van der Waals surface area contributed by atoms with Gasteiger partial charge in [0.25, 0.3) is 0 Å². The van der Waals surface area contributed by atoms with E-state index in [-0.39, 0.29) is 34.8 Å². The lowest BCUT2D eigenvalue weighted by atomic mass is 10.3. The van der Waals surface area contributed by atoms with Crippen molar-refractivity contribution in [1.82, 2.24) is 0 Å². The predicted octanol–water partition coefficient (Wildman–Crippen LogP) is 2.27. The van der Waals surface area contributed by atoms with Crippen LogP contribution in [0.5, 0.6) is 0 Å². The van der Waals surface area contributed by atoms with E-state index in [1.807, 2.05) is 0 Å². The Kier molecular flexibility index (Phi) is 11.9. The van der Waals surface area contributed by atoms with E-state index < -0.39 is 24.0 Å². The average molecular weight is 535 g/mol. The molecule has 0 saturated heterocycles. The van der Waals surface area contributed by atoms with Crippen LogP contribution in [0, 0.1) is 0 Å². The van der Waals surface area contributed by atoms with Crippen LogP contribution in [0.25, 0.3) is 0 Å². The first-order chi connectivity index (χ1) is 17.1. The molecule has 0 aliphatic rings. The molecule has 8 N–H and O–H groups in total. The summed E-state index contributed by atoms with van der Waals surface area (Å²) in [5.41, 5.74) is 13.0. The molecule has 2 atom stereocenters. The number of nitrogens with one attached hydrogen (secondary N) is 2. The Bertz CT molecular complexity index is 996. The summed E-state index contributed by atoms with van der Waals surface area (Å²) in [6, 6.07) is 11.3. The molecule has 0 unspecified atom stereocenters. The topological polar surface area (TPSA) is 210 Å². The number of aliphatic carboxylic acids is 2. The molecule has 0 aliphatic heterocycles. The Hall–Kier alpha value is -3.46. The predicted molar refractivity (Wildman–Crippen MR) is 140 cm³/mol. The Morgan fingerprint density at radius 2 is 1.03 bits per heavy atom. The highest BCUT2D eigenvalue weighted by Crippen LogP contribution is 2.22. The molecular weight excluding hydrogens is 508 g/mol. The molecule has 12 nitrogen and oxygen atoms in total. The normalized spacial score (nSPS) is 12.6. The number of nitrogens with two attached hydrogens (primary N) is 2. The lowest BCUT2D eigenvalue weighted by molar-refractivity contribution is -0.138. The monoisotopic (exact) mass is 534 g/mol. The number of hydrogen-bond acceptors (Lipinski definition) is 10. The Morgan fingerprint density at radius 1 is 0.694 bits per heavy atom. The van der Waals surface area contributed by atoms with Gasteiger partial charge in [-0.1, -0.05) is 0 Å². The molecule has 36 heavy (non-hydrogen) atoms. The van der Waals surface area contributed by atoms with Gasteiger partial charge >= 0.3 is 11.9 Å². The van der Waals surface area contributed by atoms with Crippen LogP contribution in [-0.4, -0.2) is 69.1 Å². The van der Waals surface area contributed by atoms with Crippen LogP contribution in [0.3, 0.4) is 0 Å². The maximum atomic E-state index is 11.9. The summed E-state index contributed by atoms with van der Waals surface area (Å²) in [7, 11) is 0. The van der Waals surface area contributed by atoms with E-state index >= 15 is 0 Å². The van der Waals surface area contributed by atoms with E-state index in [2.05, 4.69) is 20.9 Å². The fourth-order valence-electron chi connectivity index (χ4n) is 2.43. The van der Waals surface area contributed by atoms with Crippen LogP contribution < -0.4 is 22.1 Å².